The van der Waals surface area contributed by atoms with Crippen LogP contribution in [0.3, 0.4) is 0 Å². The van der Waals surface area contributed by atoms with E-state index in [9.17, 15) is 20.1 Å². The van der Waals surface area contributed by atoms with Crippen LogP contribution in [0.1, 0.15) is 144 Å². The van der Waals surface area contributed by atoms with Crippen LogP contribution >= 0.6 is 0 Å². The normalized spacial score (nSPS) is 32.7. The molecule has 4 aliphatic heterocycles. The second-order valence-corrected chi connectivity index (χ2v) is 17.1. The third-order valence-corrected chi connectivity index (χ3v) is 12.2. The molecule has 3 saturated heterocycles. The number of aliphatic carboxylic acids is 1. The van der Waals surface area contributed by atoms with Crippen molar-refractivity contribution < 1.29 is 48.5 Å². The lowest BCUT2D eigenvalue weighted by Crippen LogP contribution is -2.47. The number of fused-ring (bicyclic) bond motifs is 1. The van der Waals surface area contributed by atoms with Crippen molar-refractivity contribution in [1.29, 1.82) is 0 Å². The fourth-order valence-electron chi connectivity index (χ4n) is 8.51. The van der Waals surface area contributed by atoms with Crippen LogP contribution in [0.2, 0.25) is 0 Å². The van der Waals surface area contributed by atoms with E-state index in [0.717, 1.165) is 102 Å². The summed E-state index contributed by atoms with van der Waals surface area (Å²) in [5.74, 6) is -0.661. The van der Waals surface area contributed by atoms with Crippen LogP contribution < -0.4 is 0 Å². The van der Waals surface area contributed by atoms with E-state index in [0.29, 0.717) is 18.8 Å². The zero-order valence-electron chi connectivity index (χ0n) is 34.3. The van der Waals surface area contributed by atoms with E-state index >= 15 is 0 Å². The summed E-state index contributed by atoms with van der Waals surface area (Å²) in [6, 6.07) is 0. The summed E-state index contributed by atoms with van der Waals surface area (Å²) in [5, 5.41) is 30.3. The molecular weight excluding hydrogens is 688 g/mol. The highest BCUT2D eigenvalue weighted by Crippen LogP contribution is 2.37. The molecule has 10 nitrogen and oxygen atoms in total. The SMILES string of the molecule is C=C1CC2O[C@H](CCC(O)/C=C/[C@@H](C)C3CC(C)=C[C@H](CCCC(C[C@@](C)(O)C(=O)O)OC)O3)CCC2O[C@@H]1CC[C@H](C)C1CCC[C@@H](OCCCC)O1. The molecule has 0 amide bonds. The molecule has 0 saturated carbocycles. The first-order chi connectivity index (χ1) is 25.8. The molecule has 6 unspecified atom stereocenters. The van der Waals surface area contributed by atoms with Crippen molar-refractivity contribution in [2.45, 2.75) is 211 Å². The fraction of sp³-hybridized carbons (Fsp3) is 0.841. The Morgan fingerprint density at radius 1 is 0.981 bits per heavy atom. The van der Waals surface area contributed by atoms with Gasteiger partial charge in [0.1, 0.15) is 0 Å². The van der Waals surface area contributed by atoms with Gasteiger partial charge in [0.25, 0.3) is 0 Å². The van der Waals surface area contributed by atoms with E-state index in [1.54, 1.807) is 7.11 Å². The van der Waals surface area contributed by atoms with Crippen LogP contribution in [0.4, 0.5) is 0 Å². The Morgan fingerprint density at radius 2 is 1.78 bits per heavy atom. The van der Waals surface area contributed by atoms with Gasteiger partial charge in [0, 0.05) is 26.1 Å². The number of methoxy groups -OCH3 is 1. The first kappa shape index (κ1) is 45.1. The van der Waals surface area contributed by atoms with Gasteiger partial charge in [-0.15, -0.1) is 0 Å². The van der Waals surface area contributed by atoms with Gasteiger partial charge in [0.05, 0.1) is 54.9 Å². The first-order valence-electron chi connectivity index (χ1n) is 21.2. The van der Waals surface area contributed by atoms with Gasteiger partial charge >= 0.3 is 5.97 Å². The highest BCUT2D eigenvalue weighted by molar-refractivity contribution is 5.76. The molecule has 0 aromatic heterocycles. The molecule has 10 heteroatoms. The predicted molar refractivity (Wildman–Crippen MR) is 210 cm³/mol. The van der Waals surface area contributed by atoms with Crippen molar-refractivity contribution in [3.05, 3.63) is 36.0 Å². The van der Waals surface area contributed by atoms with Crippen LogP contribution in [0.25, 0.3) is 0 Å². The Morgan fingerprint density at radius 3 is 2.52 bits per heavy atom. The van der Waals surface area contributed by atoms with Crippen LogP contribution in [0.5, 0.6) is 0 Å². The highest BCUT2D eigenvalue weighted by Gasteiger charge is 2.39. The number of aliphatic hydroxyl groups excluding tert-OH is 1. The minimum atomic E-state index is -1.81. The standard InChI is InChI=1S/C44H74O10/c1-8-9-24-50-42-15-11-14-37(54-42)30(3)17-22-38-32(5)27-41-39(53-38)23-21-34(51-41)20-19-33(45)18-16-31(4)40-26-29(2)25-35(52-40)12-10-13-36(49-7)28-44(6,48)43(46)47/h16,18,25,30-31,33-42,45,48H,5,8-15,17,19-24,26-28H2,1-4,6-7H3,(H,46,47)/b18-16+/t30-,31+,33?,34+,35-,36?,37?,38+,39?,40?,41?,42-,44+/m0/s1. The molecule has 0 aromatic carbocycles. The van der Waals surface area contributed by atoms with Gasteiger partial charge in [-0.25, -0.2) is 4.79 Å². The molecular formula is C44H74O10. The Bertz CT molecular complexity index is 1200. The molecule has 0 bridgehead atoms. The average molecular weight is 763 g/mol. The molecule has 4 rings (SSSR count). The predicted octanol–water partition coefficient (Wildman–Crippen LogP) is 8.22. The summed E-state index contributed by atoms with van der Waals surface area (Å²) in [5.41, 5.74) is 0.603. The zero-order valence-corrected chi connectivity index (χ0v) is 34.3. The van der Waals surface area contributed by atoms with Crippen LogP contribution in [0, 0.1) is 11.8 Å². The van der Waals surface area contributed by atoms with Gasteiger partial charge in [0.15, 0.2) is 11.9 Å². The lowest BCUT2D eigenvalue weighted by molar-refractivity contribution is -0.206. The molecule has 3 fully saturated rings. The van der Waals surface area contributed by atoms with Crippen molar-refractivity contribution in [2.75, 3.05) is 13.7 Å². The Labute approximate surface area is 326 Å². The van der Waals surface area contributed by atoms with Gasteiger partial charge in [-0.3, -0.25) is 0 Å². The van der Waals surface area contributed by atoms with Crippen molar-refractivity contribution in [2.24, 2.45) is 11.8 Å². The number of carbonyl (C=O) groups is 1. The van der Waals surface area contributed by atoms with Crippen LogP contribution in [0.15, 0.2) is 36.0 Å². The maximum Gasteiger partial charge on any atom is 0.335 e. The number of hydrogen-bond acceptors (Lipinski definition) is 9. The number of ether oxygens (including phenoxy) is 6. The summed E-state index contributed by atoms with van der Waals surface area (Å²) in [6.07, 6.45) is 20.5. The molecule has 0 aromatic rings. The van der Waals surface area contributed by atoms with Gasteiger partial charge in [-0.2, -0.15) is 0 Å². The third kappa shape index (κ3) is 14.4. The number of hydrogen-bond donors (Lipinski definition) is 3. The van der Waals surface area contributed by atoms with Gasteiger partial charge in [0.2, 0.25) is 0 Å². The summed E-state index contributed by atoms with van der Waals surface area (Å²) in [6.45, 7) is 15.2. The van der Waals surface area contributed by atoms with Gasteiger partial charge in [-0.05, 0) is 122 Å². The quantitative estimate of drug-likeness (QED) is 0.0732. The van der Waals surface area contributed by atoms with Gasteiger partial charge in [-0.1, -0.05) is 57.6 Å². The van der Waals surface area contributed by atoms with E-state index < -0.39 is 17.7 Å². The zero-order chi connectivity index (χ0) is 39.3. The summed E-state index contributed by atoms with van der Waals surface area (Å²) < 4.78 is 37.4. The Balaban J connectivity index is 1.13. The molecule has 0 radical (unpaired) electrons. The average Bonchev–Trinajstić information content (AvgIpc) is 3.14. The number of carboxylic acid groups (broad SMARTS) is 1. The Hall–Kier alpha value is -1.63. The molecule has 13 atom stereocenters. The number of carboxylic acids is 1. The van der Waals surface area contributed by atoms with Crippen molar-refractivity contribution in [1.82, 2.24) is 0 Å². The number of unbranched alkanes of at least 4 members (excludes halogenated alkanes) is 1. The second-order valence-electron chi connectivity index (χ2n) is 17.1. The van der Waals surface area contributed by atoms with Crippen LogP contribution in [-0.2, 0) is 33.2 Å². The highest BCUT2D eigenvalue weighted by atomic mass is 16.7. The molecule has 310 valence electrons. The molecule has 3 N–H and O–H groups in total. The first-order valence-corrected chi connectivity index (χ1v) is 21.2. The van der Waals surface area contributed by atoms with E-state index in [-0.39, 0.29) is 67.5 Å². The molecule has 4 heterocycles. The summed E-state index contributed by atoms with van der Waals surface area (Å²) >= 11 is 0. The minimum absolute atomic E-state index is 0.0161. The fourth-order valence-corrected chi connectivity index (χ4v) is 8.51. The van der Waals surface area contributed by atoms with Crippen molar-refractivity contribution in [3.63, 3.8) is 0 Å². The molecule has 54 heavy (non-hydrogen) atoms. The van der Waals surface area contributed by atoms with Crippen LogP contribution in [-0.4, -0.2) is 102 Å². The summed E-state index contributed by atoms with van der Waals surface area (Å²) in [4.78, 5) is 11.3. The topological polar surface area (TPSA) is 133 Å². The minimum Gasteiger partial charge on any atom is -0.479 e. The second kappa shape index (κ2) is 22.3. The lowest BCUT2D eigenvalue weighted by atomic mass is 9.86. The van der Waals surface area contributed by atoms with E-state index in [4.69, 9.17) is 28.4 Å². The number of rotatable bonds is 22. The smallest absolute Gasteiger partial charge is 0.335 e. The van der Waals surface area contributed by atoms with Gasteiger partial charge < -0.3 is 43.7 Å². The maximum absolute atomic E-state index is 11.3. The van der Waals surface area contributed by atoms with E-state index in [2.05, 4.69) is 46.4 Å². The molecule has 4 aliphatic rings. The van der Waals surface area contributed by atoms with E-state index in [1.165, 1.54) is 12.5 Å². The largest absolute Gasteiger partial charge is 0.479 e. The lowest BCUT2D eigenvalue weighted by Gasteiger charge is -2.43. The summed E-state index contributed by atoms with van der Waals surface area (Å²) in [7, 11) is 1.55. The maximum atomic E-state index is 11.3. The van der Waals surface area contributed by atoms with Crippen molar-refractivity contribution in [3.8, 4) is 0 Å². The van der Waals surface area contributed by atoms with Crippen molar-refractivity contribution >= 4 is 5.97 Å². The van der Waals surface area contributed by atoms with E-state index in [1.807, 2.05) is 6.08 Å². The number of aliphatic hydroxyl groups is 2. The molecule has 0 spiro atoms. The monoisotopic (exact) mass is 763 g/mol. The third-order valence-electron chi connectivity index (χ3n) is 12.2. The Kier molecular flexibility index (Phi) is 18.7. The molecule has 0 aliphatic carbocycles.